The van der Waals surface area contributed by atoms with Crippen molar-refractivity contribution in [3.05, 3.63) is 29.3 Å². The van der Waals surface area contributed by atoms with Crippen LogP contribution in [0.1, 0.15) is 43.2 Å². The Morgan fingerprint density at radius 3 is 2.38 bits per heavy atom. The predicted octanol–water partition coefficient (Wildman–Crippen LogP) is 3.61. The van der Waals surface area contributed by atoms with Crippen molar-refractivity contribution in [3.8, 4) is 5.75 Å². The van der Waals surface area contributed by atoms with E-state index in [1.54, 1.807) is 0 Å². The summed E-state index contributed by atoms with van der Waals surface area (Å²) >= 11 is 0. The van der Waals surface area contributed by atoms with Gasteiger partial charge >= 0.3 is 0 Å². The quantitative estimate of drug-likeness (QED) is 0.859. The molecule has 0 aromatic heterocycles. The van der Waals surface area contributed by atoms with E-state index in [-0.39, 0.29) is 12.5 Å². The molecule has 4 nitrogen and oxygen atoms in total. The maximum atomic E-state index is 12.1. The summed E-state index contributed by atoms with van der Waals surface area (Å²) < 4.78 is 5.58. The third kappa shape index (κ3) is 3.06. The fourth-order valence-corrected chi connectivity index (χ4v) is 4.96. The highest BCUT2D eigenvalue weighted by Gasteiger charge is 2.46. The first kappa shape index (κ1) is 15.7. The van der Waals surface area contributed by atoms with Gasteiger partial charge in [-0.05, 0) is 92.9 Å². The minimum atomic E-state index is -0.172. The molecule has 4 aliphatic carbocycles. The van der Waals surface area contributed by atoms with Crippen LogP contribution < -0.4 is 10.2 Å². The third-order valence-electron chi connectivity index (χ3n) is 6.13. The first-order valence-corrected chi connectivity index (χ1v) is 9.15. The zero-order valence-corrected chi connectivity index (χ0v) is 14.5. The maximum absolute atomic E-state index is 12.1. The molecule has 4 aliphatic rings. The van der Waals surface area contributed by atoms with Gasteiger partial charge < -0.3 is 4.74 Å². The van der Waals surface area contributed by atoms with Gasteiger partial charge in [0.1, 0.15) is 5.75 Å². The van der Waals surface area contributed by atoms with E-state index < -0.39 is 0 Å². The van der Waals surface area contributed by atoms with Gasteiger partial charge in [-0.3, -0.25) is 4.79 Å². The van der Waals surface area contributed by atoms with Gasteiger partial charge in [0.05, 0.1) is 0 Å². The number of ether oxygens (including phenoxy) is 1. The second kappa shape index (κ2) is 6.23. The van der Waals surface area contributed by atoms with Gasteiger partial charge in [0.25, 0.3) is 5.91 Å². The Kier molecular flexibility index (Phi) is 4.07. The zero-order chi connectivity index (χ0) is 16.7. The standard InChI is InChI=1S/C20H26N2O2/c1-12-3-4-18(5-13(12)2)24-11-19(23)21-22-20-16-7-14-6-15(9-16)10-17(20)8-14/h3-5,14-17H,6-11H2,1-2H3,(H,21,23). The van der Waals surface area contributed by atoms with E-state index in [0.29, 0.717) is 11.8 Å². The van der Waals surface area contributed by atoms with E-state index in [0.717, 1.165) is 17.6 Å². The van der Waals surface area contributed by atoms with Crippen LogP contribution in [0.25, 0.3) is 0 Å². The minimum absolute atomic E-state index is 0.0138. The molecule has 4 saturated carbocycles. The van der Waals surface area contributed by atoms with Gasteiger partial charge in [0, 0.05) is 5.71 Å². The molecule has 0 unspecified atom stereocenters. The highest BCUT2D eigenvalue weighted by atomic mass is 16.5. The van der Waals surface area contributed by atoms with Gasteiger partial charge in [-0.1, -0.05) is 6.07 Å². The van der Waals surface area contributed by atoms with Crippen LogP contribution in [0, 0.1) is 37.5 Å². The number of hydrogen-bond donors (Lipinski definition) is 1. The number of nitrogens with zero attached hydrogens (tertiary/aromatic N) is 1. The first-order valence-electron chi connectivity index (χ1n) is 9.15. The summed E-state index contributed by atoms with van der Waals surface area (Å²) in [7, 11) is 0. The van der Waals surface area contributed by atoms with Crippen LogP contribution in [0.2, 0.25) is 0 Å². The lowest BCUT2D eigenvalue weighted by Crippen LogP contribution is -2.46. The smallest absolute Gasteiger partial charge is 0.277 e. The Labute approximate surface area is 143 Å². The summed E-state index contributed by atoms with van der Waals surface area (Å²) in [4.78, 5) is 12.1. The number of amides is 1. The molecule has 0 aliphatic heterocycles. The van der Waals surface area contributed by atoms with Crippen LogP contribution in [0.3, 0.4) is 0 Å². The van der Waals surface area contributed by atoms with Crippen molar-refractivity contribution >= 4 is 11.6 Å². The minimum Gasteiger partial charge on any atom is -0.484 e. The van der Waals surface area contributed by atoms with Crippen LogP contribution in [0.5, 0.6) is 5.75 Å². The van der Waals surface area contributed by atoms with E-state index in [1.807, 2.05) is 25.1 Å². The largest absolute Gasteiger partial charge is 0.484 e. The average molecular weight is 326 g/mol. The summed E-state index contributed by atoms with van der Waals surface area (Å²) in [6.45, 7) is 4.12. The number of benzene rings is 1. The van der Waals surface area contributed by atoms with Crippen LogP contribution in [0.15, 0.2) is 23.3 Å². The summed E-state index contributed by atoms with van der Waals surface area (Å²) in [6.07, 6.45) is 6.54. The summed E-state index contributed by atoms with van der Waals surface area (Å²) in [5, 5.41) is 4.50. The number of carbonyl (C=O) groups is 1. The molecular formula is C20H26N2O2. The van der Waals surface area contributed by atoms with Crippen molar-refractivity contribution in [2.45, 2.75) is 46.0 Å². The highest BCUT2D eigenvalue weighted by molar-refractivity contribution is 5.92. The Morgan fingerprint density at radius 2 is 1.75 bits per heavy atom. The molecule has 24 heavy (non-hydrogen) atoms. The van der Waals surface area contributed by atoms with Crippen molar-refractivity contribution in [2.24, 2.45) is 28.8 Å². The predicted molar refractivity (Wildman–Crippen MR) is 94.0 cm³/mol. The summed E-state index contributed by atoms with van der Waals surface area (Å²) in [6, 6.07) is 5.88. The molecule has 0 spiro atoms. The lowest BCUT2D eigenvalue weighted by atomic mass is 9.55. The normalized spacial score (nSPS) is 30.3. The first-order chi connectivity index (χ1) is 11.6. The Morgan fingerprint density at radius 1 is 1.08 bits per heavy atom. The second-order valence-corrected chi connectivity index (χ2v) is 7.91. The molecule has 0 heterocycles. The topological polar surface area (TPSA) is 50.7 Å². The molecule has 128 valence electrons. The fraction of sp³-hybridized carbons (Fsp3) is 0.600. The van der Waals surface area contributed by atoms with Crippen LogP contribution >= 0.6 is 0 Å². The van der Waals surface area contributed by atoms with Crippen LogP contribution in [0.4, 0.5) is 0 Å². The number of hydrazone groups is 1. The zero-order valence-electron chi connectivity index (χ0n) is 14.5. The van der Waals surface area contributed by atoms with Gasteiger partial charge in [0.2, 0.25) is 0 Å². The summed E-state index contributed by atoms with van der Waals surface area (Å²) in [5.41, 5.74) is 6.37. The molecule has 0 radical (unpaired) electrons. The van der Waals surface area contributed by atoms with E-state index in [9.17, 15) is 4.79 Å². The van der Waals surface area contributed by atoms with Crippen LogP contribution in [-0.2, 0) is 4.79 Å². The molecule has 1 aromatic rings. The number of aryl methyl sites for hydroxylation is 2. The molecular weight excluding hydrogens is 300 g/mol. The van der Waals surface area contributed by atoms with E-state index in [2.05, 4.69) is 17.5 Å². The number of hydrogen-bond acceptors (Lipinski definition) is 3. The number of nitrogens with one attached hydrogen (secondary N) is 1. The SMILES string of the molecule is Cc1ccc(OCC(=O)NN=C2C3CC4CC(C3)CC2C4)cc1C. The highest BCUT2D eigenvalue weighted by Crippen LogP contribution is 2.52. The van der Waals surface area contributed by atoms with Crippen molar-refractivity contribution in [2.75, 3.05) is 6.61 Å². The molecule has 4 heteroatoms. The van der Waals surface area contributed by atoms with Gasteiger partial charge in [0.15, 0.2) is 6.61 Å². The Bertz CT molecular complexity index is 650. The van der Waals surface area contributed by atoms with E-state index >= 15 is 0 Å². The monoisotopic (exact) mass is 326 g/mol. The molecule has 0 atom stereocenters. The Balaban J connectivity index is 1.32. The lowest BCUT2D eigenvalue weighted by molar-refractivity contribution is -0.123. The van der Waals surface area contributed by atoms with Crippen molar-refractivity contribution in [3.63, 3.8) is 0 Å². The second-order valence-electron chi connectivity index (χ2n) is 7.91. The van der Waals surface area contributed by atoms with E-state index in [4.69, 9.17) is 4.74 Å². The average Bonchev–Trinajstić information content (AvgIpc) is 2.54. The molecule has 0 saturated heterocycles. The molecule has 1 N–H and O–H groups in total. The maximum Gasteiger partial charge on any atom is 0.277 e. The molecule has 1 amide bonds. The van der Waals surface area contributed by atoms with Crippen molar-refractivity contribution in [1.29, 1.82) is 0 Å². The number of carbonyl (C=O) groups excluding carboxylic acids is 1. The molecule has 1 aromatic carbocycles. The fourth-order valence-electron chi connectivity index (χ4n) is 4.96. The number of rotatable bonds is 4. The van der Waals surface area contributed by atoms with Gasteiger partial charge in [-0.2, -0.15) is 5.10 Å². The van der Waals surface area contributed by atoms with E-state index in [1.165, 1.54) is 48.9 Å². The van der Waals surface area contributed by atoms with Gasteiger partial charge in [-0.15, -0.1) is 0 Å². The lowest BCUT2D eigenvalue weighted by Gasteiger charge is -2.50. The van der Waals surface area contributed by atoms with Gasteiger partial charge in [-0.25, -0.2) is 5.43 Å². The van der Waals surface area contributed by atoms with Crippen molar-refractivity contribution < 1.29 is 9.53 Å². The van der Waals surface area contributed by atoms with Crippen molar-refractivity contribution in [1.82, 2.24) is 5.43 Å². The third-order valence-corrected chi connectivity index (χ3v) is 6.13. The molecule has 4 fully saturated rings. The summed E-state index contributed by atoms with van der Waals surface area (Å²) in [5.74, 6) is 3.61. The van der Waals surface area contributed by atoms with Crippen LogP contribution in [-0.4, -0.2) is 18.2 Å². The molecule has 5 rings (SSSR count). The molecule has 4 bridgehead atoms. The Hall–Kier alpha value is -1.84.